The van der Waals surface area contributed by atoms with E-state index in [1.165, 1.54) is 12.3 Å². The van der Waals surface area contributed by atoms with Gasteiger partial charge in [0.05, 0.1) is 51.7 Å². The second-order valence-electron chi connectivity index (χ2n) is 11.2. The minimum Gasteiger partial charge on any atom is -0.507 e. The summed E-state index contributed by atoms with van der Waals surface area (Å²) in [6, 6.07) is 1.48. The first-order valence-corrected chi connectivity index (χ1v) is 14.7. The summed E-state index contributed by atoms with van der Waals surface area (Å²) in [7, 11) is 1.13. The number of aromatic amines is 1. The van der Waals surface area contributed by atoms with E-state index >= 15 is 0 Å². The van der Waals surface area contributed by atoms with Crippen LogP contribution in [0.5, 0.6) is 17.2 Å². The predicted molar refractivity (Wildman–Crippen MR) is 161 cm³/mol. The molecule has 0 amide bonds. The Labute approximate surface area is 259 Å². The number of carbonyl (C=O) groups is 4. The predicted octanol–water partition coefficient (Wildman–Crippen LogP) is 4.40. The molecule has 1 heterocycles. The molecule has 3 aliphatic carbocycles. The van der Waals surface area contributed by atoms with Crippen molar-refractivity contribution in [2.24, 2.45) is 5.16 Å². The van der Waals surface area contributed by atoms with Gasteiger partial charge in [-0.05, 0) is 37.3 Å². The maximum absolute atomic E-state index is 14.2. The molecule has 4 N–H and O–H groups in total. The Morgan fingerprint density at radius 1 is 0.978 bits per heavy atom. The monoisotopic (exact) mass is 634 g/mol. The van der Waals surface area contributed by atoms with E-state index in [4.69, 9.17) is 21.2 Å². The number of ketones is 4. The van der Waals surface area contributed by atoms with Gasteiger partial charge in [0.2, 0.25) is 5.78 Å². The van der Waals surface area contributed by atoms with Gasteiger partial charge >= 0.3 is 0 Å². The van der Waals surface area contributed by atoms with Gasteiger partial charge in [0.1, 0.15) is 29.3 Å². The van der Waals surface area contributed by atoms with Crippen molar-refractivity contribution >= 4 is 51.7 Å². The van der Waals surface area contributed by atoms with Crippen LogP contribution in [0.1, 0.15) is 97.3 Å². The number of Topliss-reactive ketones (excluding diaryl/α,β-unsaturated/α-hetero) is 3. The Bertz CT molecular complexity index is 2010. The lowest BCUT2D eigenvalue weighted by molar-refractivity contribution is 0.0790. The number of fused-ring (bicyclic) bond motifs is 5. The number of H-pyrrole nitrogens is 1. The third kappa shape index (κ3) is 4.12. The van der Waals surface area contributed by atoms with Crippen molar-refractivity contribution < 1.29 is 44.1 Å². The quantitative estimate of drug-likeness (QED) is 0.0907. The SMILES string of the molecule is CCCCCCO/N=C/c1cc2c(Cl)c3c(c(O)c2c(=O)[nH]1)[C@@]1(CC3)C(=O)c2c(O)c3c(c(O)c2C1=O)C(=O)C(OC)=CC3=O. The summed E-state index contributed by atoms with van der Waals surface area (Å²) in [6.45, 7) is 2.50. The highest BCUT2D eigenvalue weighted by Gasteiger charge is 2.62. The van der Waals surface area contributed by atoms with Crippen LogP contribution in [0.4, 0.5) is 0 Å². The second kappa shape index (κ2) is 10.9. The minimum atomic E-state index is -2.19. The average Bonchev–Trinajstić information content (AvgIpc) is 3.52. The number of hydrogen-bond donors (Lipinski definition) is 4. The first-order chi connectivity index (χ1) is 21.5. The van der Waals surface area contributed by atoms with Crippen LogP contribution in [0.15, 0.2) is 27.9 Å². The van der Waals surface area contributed by atoms with E-state index in [-0.39, 0.29) is 45.5 Å². The summed E-state index contributed by atoms with van der Waals surface area (Å²) in [5, 5.41) is 37.6. The number of methoxy groups -OCH3 is 1. The molecule has 45 heavy (non-hydrogen) atoms. The molecule has 2 aromatic carbocycles. The normalized spacial score (nSPS) is 18.6. The molecule has 6 rings (SSSR count). The molecule has 12 nitrogen and oxygen atoms in total. The van der Waals surface area contributed by atoms with Crippen LogP contribution in [0, 0.1) is 0 Å². The molecule has 0 fully saturated rings. The number of pyridine rings is 1. The standard InChI is InChI=1S/C32H27ClN2O10/c1-3-4-5-6-9-45-34-12-13-10-15-18(31(43)35-13)28(40)23-14(24(15)33)7-8-32(23)29(41)21-22(30(32)42)27(39)20-19(26(21)38)16(36)11-17(44-2)25(20)37/h10-12,38-40H,3-9H2,1-2H3,(H,35,43)/b34-12+/t32-/m0/s1. The van der Waals surface area contributed by atoms with Crippen LogP contribution in [0.3, 0.4) is 0 Å². The van der Waals surface area contributed by atoms with E-state index in [0.29, 0.717) is 6.61 Å². The van der Waals surface area contributed by atoms with Crippen LogP contribution in [-0.4, -0.2) is 63.4 Å². The van der Waals surface area contributed by atoms with Crippen molar-refractivity contribution in [2.45, 2.75) is 50.9 Å². The number of benzene rings is 2. The molecule has 0 aliphatic heterocycles. The zero-order valence-corrected chi connectivity index (χ0v) is 25.0. The molecule has 1 atom stereocenters. The van der Waals surface area contributed by atoms with E-state index in [1.807, 2.05) is 0 Å². The van der Waals surface area contributed by atoms with Crippen LogP contribution in [0.25, 0.3) is 10.8 Å². The number of nitrogens with zero attached hydrogens (tertiary/aromatic N) is 1. The van der Waals surface area contributed by atoms with Crippen molar-refractivity contribution in [1.82, 2.24) is 4.98 Å². The first-order valence-electron chi connectivity index (χ1n) is 14.3. The molecule has 0 unspecified atom stereocenters. The number of unbranched alkanes of at least 4 members (excludes halogenated alkanes) is 3. The number of nitrogens with one attached hydrogen (secondary N) is 1. The summed E-state index contributed by atoms with van der Waals surface area (Å²) in [5.41, 5.74) is -5.43. The molecule has 0 bridgehead atoms. The molecule has 3 aromatic rings. The Hall–Kier alpha value is -4.97. The van der Waals surface area contributed by atoms with Gasteiger partial charge in [-0.15, -0.1) is 0 Å². The third-order valence-electron chi connectivity index (χ3n) is 8.72. The topological polar surface area (TPSA) is 193 Å². The smallest absolute Gasteiger partial charge is 0.260 e. The van der Waals surface area contributed by atoms with E-state index in [9.17, 15) is 39.3 Å². The number of phenols is 3. The van der Waals surface area contributed by atoms with E-state index in [1.54, 1.807) is 0 Å². The van der Waals surface area contributed by atoms with Crippen LogP contribution in [0.2, 0.25) is 5.02 Å². The summed E-state index contributed by atoms with van der Waals surface area (Å²) >= 11 is 6.77. The lowest BCUT2D eigenvalue weighted by Gasteiger charge is -2.23. The van der Waals surface area contributed by atoms with E-state index in [2.05, 4.69) is 17.1 Å². The number of aromatic hydroxyl groups is 3. The highest BCUT2D eigenvalue weighted by atomic mass is 35.5. The van der Waals surface area contributed by atoms with Gasteiger partial charge in [0.25, 0.3) is 5.56 Å². The maximum atomic E-state index is 14.2. The Morgan fingerprint density at radius 2 is 1.67 bits per heavy atom. The van der Waals surface area contributed by atoms with Crippen LogP contribution < -0.4 is 5.56 Å². The molecule has 0 saturated heterocycles. The van der Waals surface area contributed by atoms with Crippen molar-refractivity contribution in [2.75, 3.05) is 13.7 Å². The molecule has 13 heteroatoms. The highest BCUT2D eigenvalue weighted by Crippen LogP contribution is 2.58. The van der Waals surface area contributed by atoms with Gasteiger partial charge in [-0.1, -0.05) is 36.5 Å². The summed E-state index contributed by atoms with van der Waals surface area (Å²) in [6.07, 6.45) is 5.86. The number of hydrogen-bond acceptors (Lipinski definition) is 11. The fraction of sp³-hybridized carbons (Fsp3) is 0.312. The number of allylic oxidation sites excluding steroid dienone is 2. The Morgan fingerprint density at radius 3 is 2.33 bits per heavy atom. The number of aromatic nitrogens is 1. The fourth-order valence-electron chi connectivity index (χ4n) is 6.61. The van der Waals surface area contributed by atoms with E-state index in [0.717, 1.165) is 38.9 Å². The Kier molecular flexibility index (Phi) is 7.27. The van der Waals surface area contributed by atoms with Gasteiger partial charge in [0, 0.05) is 17.0 Å². The lowest BCUT2D eigenvalue weighted by atomic mass is 9.76. The van der Waals surface area contributed by atoms with E-state index < -0.39 is 79.4 Å². The summed E-state index contributed by atoms with van der Waals surface area (Å²) in [5.74, 6) is -6.95. The molecular formula is C32H27ClN2O10. The zero-order valence-electron chi connectivity index (χ0n) is 24.2. The molecule has 0 saturated carbocycles. The van der Waals surface area contributed by atoms with Crippen LogP contribution >= 0.6 is 11.6 Å². The third-order valence-corrected chi connectivity index (χ3v) is 9.15. The molecular weight excluding hydrogens is 608 g/mol. The molecule has 3 aliphatic rings. The van der Waals surface area contributed by atoms with Gasteiger partial charge in [-0.3, -0.25) is 24.0 Å². The lowest BCUT2D eigenvalue weighted by Crippen LogP contribution is -2.36. The maximum Gasteiger partial charge on any atom is 0.260 e. The van der Waals surface area contributed by atoms with Crippen LogP contribution in [-0.2, 0) is 21.4 Å². The Balaban J connectivity index is 1.47. The summed E-state index contributed by atoms with van der Waals surface area (Å²) < 4.78 is 4.92. The molecule has 1 aromatic heterocycles. The van der Waals surface area contributed by atoms with Gasteiger partial charge in [0.15, 0.2) is 23.1 Å². The van der Waals surface area contributed by atoms with Crippen molar-refractivity contribution in [3.05, 3.63) is 72.4 Å². The van der Waals surface area contributed by atoms with Crippen molar-refractivity contribution in [3.8, 4) is 17.2 Å². The largest absolute Gasteiger partial charge is 0.507 e. The fourth-order valence-corrected chi connectivity index (χ4v) is 6.95. The number of oxime groups is 1. The van der Waals surface area contributed by atoms with Gasteiger partial charge in [-0.2, -0.15) is 0 Å². The number of halogens is 1. The van der Waals surface area contributed by atoms with Gasteiger partial charge in [-0.25, -0.2) is 0 Å². The zero-order chi connectivity index (χ0) is 32.4. The van der Waals surface area contributed by atoms with Crippen molar-refractivity contribution in [3.63, 3.8) is 0 Å². The number of rotatable bonds is 8. The minimum absolute atomic E-state index is 0.00864. The second-order valence-corrected chi connectivity index (χ2v) is 11.5. The molecule has 232 valence electrons. The molecule has 0 radical (unpaired) electrons. The molecule has 1 spiro atoms. The summed E-state index contributed by atoms with van der Waals surface area (Å²) in [4.78, 5) is 75.2. The first kappa shape index (κ1) is 30.1. The number of carbonyl (C=O) groups excluding carboxylic acids is 4. The van der Waals surface area contributed by atoms with Gasteiger partial charge < -0.3 is 29.9 Å². The van der Waals surface area contributed by atoms with Crippen molar-refractivity contribution in [1.29, 1.82) is 0 Å². The number of ether oxygens (including phenoxy) is 1. The highest BCUT2D eigenvalue weighted by molar-refractivity contribution is 6.41. The average molecular weight is 635 g/mol. The number of phenolic OH excluding ortho intramolecular Hbond substituents is 3.